The fraction of sp³-hybridized carbons (Fsp3) is 0.333. The van der Waals surface area contributed by atoms with E-state index in [1.165, 1.54) is 51.1 Å². The van der Waals surface area contributed by atoms with Crippen LogP contribution in [-0.4, -0.2) is 57.5 Å². The van der Waals surface area contributed by atoms with Crippen LogP contribution in [0.25, 0.3) is 0 Å². The molecule has 0 bridgehead atoms. The van der Waals surface area contributed by atoms with Crippen molar-refractivity contribution >= 4 is 23.3 Å². The second-order valence-electron chi connectivity index (χ2n) is 10.6. The molecule has 9 nitrogen and oxygen atoms in total. The number of benzene rings is 2. The molecule has 0 saturated carbocycles. The fourth-order valence-electron chi connectivity index (χ4n) is 5.80. The van der Waals surface area contributed by atoms with Gasteiger partial charge >= 0.3 is 0 Å². The van der Waals surface area contributed by atoms with Crippen molar-refractivity contribution in [1.82, 2.24) is 10.2 Å². The highest BCUT2D eigenvalue weighted by molar-refractivity contribution is 6.31. The summed E-state index contributed by atoms with van der Waals surface area (Å²) >= 11 is 0. The Kier molecular flexibility index (Phi) is 6.52. The highest BCUT2D eigenvalue weighted by Crippen LogP contribution is 2.57. The number of halogens is 1. The van der Waals surface area contributed by atoms with Crippen LogP contribution in [0.1, 0.15) is 65.5 Å². The molecule has 40 heavy (non-hydrogen) atoms. The van der Waals surface area contributed by atoms with Gasteiger partial charge in [0.05, 0.1) is 11.1 Å². The van der Waals surface area contributed by atoms with Gasteiger partial charge in [-0.25, -0.2) is 4.39 Å². The Bertz CT molecular complexity index is 1560. The van der Waals surface area contributed by atoms with Crippen LogP contribution in [0.5, 0.6) is 17.2 Å². The third-order valence-corrected chi connectivity index (χ3v) is 7.98. The zero-order valence-corrected chi connectivity index (χ0v) is 22.6. The molecule has 2 heterocycles. The van der Waals surface area contributed by atoms with Crippen molar-refractivity contribution in [2.45, 2.75) is 52.0 Å². The molecule has 1 saturated heterocycles. The summed E-state index contributed by atoms with van der Waals surface area (Å²) in [6.45, 7) is 6.60. The van der Waals surface area contributed by atoms with Gasteiger partial charge in [-0.05, 0) is 64.8 Å². The minimum atomic E-state index is -1.61. The maximum absolute atomic E-state index is 14.0. The lowest BCUT2D eigenvalue weighted by Gasteiger charge is -2.35. The summed E-state index contributed by atoms with van der Waals surface area (Å²) in [4.78, 5) is 54.2. The van der Waals surface area contributed by atoms with Crippen molar-refractivity contribution < 1.29 is 38.5 Å². The molecule has 10 heteroatoms. The van der Waals surface area contributed by atoms with E-state index in [1.807, 2.05) is 0 Å². The third kappa shape index (κ3) is 4.06. The summed E-state index contributed by atoms with van der Waals surface area (Å²) in [5.74, 6) is -3.44. The van der Waals surface area contributed by atoms with Gasteiger partial charge in [0.2, 0.25) is 0 Å². The molecule has 5 rings (SSSR count). The highest BCUT2D eigenvalue weighted by Gasteiger charge is 2.56. The molecule has 2 aliphatic heterocycles. The zero-order chi connectivity index (χ0) is 29.1. The number of ketones is 3. The molecule has 2 atom stereocenters. The average Bonchev–Trinajstić information content (AvgIpc) is 3.20. The number of rotatable bonds is 4. The topological polar surface area (TPSA) is 133 Å². The number of carbonyl (C=O) groups excluding carboxylic acids is 4. The number of amides is 1. The van der Waals surface area contributed by atoms with E-state index >= 15 is 0 Å². The van der Waals surface area contributed by atoms with Crippen molar-refractivity contribution in [2.75, 3.05) is 13.1 Å². The van der Waals surface area contributed by atoms with E-state index < -0.39 is 40.1 Å². The predicted molar refractivity (Wildman–Crippen MR) is 142 cm³/mol. The van der Waals surface area contributed by atoms with Crippen molar-refractivity contribution in [1.29, 1.82) is 0 Å². The molecule has 0 aromatic heterocycles. The second-order valence-corrected chi connectivity index (χ2v) is 10.6. The van der Waals surface area contributed by atoms with Gasteiger partial charge in [0, 0.05) is 42.0 Å². The molecule has 0 unspecified atom stereocenters. The first kappa shape index (κ1) is 27.1. The van der Waals surface area contributed by atoms with Gasteiger partial charge in [-0.3, -0.25) is 19.2 Å². The molecule has 2 aromatic carbocycles. The van der Waals surface area contributed by atoms with Gasteiger partial charge in [0.1, 0.15) is 39.8 Å². The molecule has 3 N–H and O–H groups in total. The smallest absolute Gasteiger partial charge is 0.253 e. The summed E-state index contributed by atoms with van der Waals surface area (Å²) in [5, 5.41) is 24.7. The van der Waals surface area contributed by atoms with Crippen molar-refractivity contribution in [3.63, 3.8) is 0 Å². The first-order valence-corrected chi connectivity index (χ1v) is 13.0. The van der Waals surface area contributed by atoms with Crippen LogP contribution in [0.15, 0.2) is 47.4 Å². The number of hydrogen-bond acceptors (Lipinski definition) is 8. The molecule has 208 valence electrons. The first-order valence-electron chi connectivity index (χ1n) is 13.0. The Balaban J connectivity index is 1.47. The Morgan fingerprint density at radius 2 is 1.80 bits per heavy atom. The summed E-state index contributed by atoms with van der Waals surface area (Å²) in [6.07, 6.45) is 2.54. The Morgan fingerprint density at radius 1 is 1.12 bits per heavy atom. The number of phenols is 2. The fourth-order valence-corrected chi connectivity index (χ4v) is 5.80. The zero-order valence-electron chi connectivity index (χ0n) is 22.6. The van der Waals surface area contributed by atoms with Crippen molar-refractivity contribution in [3.8, 4) is 17.2 Å². The van der Waals surface area contributed by atoms with Crippen molar-refractivity contribution in [3.05, 3.63) is 75.4 Å². The van der Waals surface area contributed by atoms with E-state index in [1.54, 1.807) is 11.8 Å². The Labute approximate surface area is 229 Å². The van der Waals surface area contributed by atoms with Gasteiger partial charge in [-0.2, -0.15) is 0 Å². The number of ether oxygens (including phenoxy) is 1. The van der Waals surface area contributed by atoms with E-state index in [0.29, 0.717) is 37.2 Å². The number of nitrogens with zero attached hydrogens (tertiary/aromatic N) is 1. The van der Waals surface area contributed by atoms with Crippen LogP contribution < -0.4 is 10.1 Å². The number of phenolic OH excluding ortho intramolecular Hbond substituents is 2. The van der Waals surface area contributed by atoms with E-state index in [9.17, 15) is 33.8 Å². The molecule has 2 aromatic rings. The molecule has 1 aliphatic carbocycles. The second kappa shape index (κ2) is 9.62. The molecule has 0 spiro atoms. The monoisotopic (exact) mass is 548 g/mol. The molecule has 3 aliphatic rings. The highest BCUT2D eigenvalue weighted by atomic mass is 19.1. The summed E-state index contributed by atoms with van der Waals surface area (Å²) in [7, 11) is 0. The number of fused-ring (bicyclic) bond motifs is 3. The summed E-state index contributed by atoms with van der Waals surface area (Å²) in [5.41, 5.74) is -1.18. The largest absolute Gasteiger partial charge is 0.507 e. The van der Waals surface area contributed by atoms with Gasteiger partial charge in [0.25, 0.3) is 5.91 Å². The van der Waals surface area contributed by atoms with Gasteiger partial charge in [-0.15, -0.1) is 0 Å². The van der Waals surface area contributed by atoms with Gasteiger partial charge in [-0.1, -0.05) is 0 Å². The van der Waals surface area contributed by atoms with E-state index in [0.717, 1.165) is 0 Å². The normalized spacial score (nSPS) is 23.2. The quantitative estimate of drug-likeness (QED) is 0.300. The summed E-state index contributed by atoms with van der Waals surface area (Å²) < 4.78 is 19.1. The Hall–Kier alpha value is -4.47. The first-order chi connectivity index (χ1) is 18.9. The number of aromatic hydroxyl groups is 2. The van der Waals surface area contributed by atoms with E-state index in [4.69, 9.17) is 4.74 Å². The average molecular weight is 549 g/mol. The van der Waals surface area contributed by atoms with Crippen LogP contribution in [0.2, 0.25) is 0 Å². The third-order valence-electron chi connectivity index (χ3n) is 7.98. The number of carbonyl (C=O) groups is 4. The molecular formula is C30H29FN2O7. The van der Waals surface area contributed by atoms with Gasteiger partial charge < -0.3 is 25.2 Å². The van der Waals surface area contributed by atoms with E-state index in [-0.39, 0.29) is 45.7 Å². The SMILES string of the molecule is CC(=O)c1c(O)c(C)c(O)c2c1OC1=CC(=O)/C(=C(/C)N[C@@H]3CCCN(C(=O)c4ccc(F)cc4)C3)C(=O)[C@@]12C. The lowest BCUT2D eigenvalue weighted by Crippen LogP contribution is -2.48. The van der Waals surface area contributed by atoms with Crippen LogP contribution in [0.4, 0.5) is 4.39 Å². The van der Waals surface area contributed by atoms with Crippen LogP contribution in [0, 0.1) is 12.7 Å². The summed E-state index contributed by atoms with van der Waals surface area (Å²) in [6, 6.07) is 5.07. The van der Waals surface area contributed by atoms with E-state index in [2.05, 4.69) is 5.32 Å². The van der Waals surface area contributed by atoms with Crippen LogP contribution >= 0.6 is 0 Å². The molecule has 1 amide bonds. The Morgan fingerprint density at radius 3 is 2.45 bits per heavy atom. The minimum absolute atomic E-state index is 0.0215. The lowest BCUT2D eigenvalue weighted by molar-refractivity contribution is -0.123. The number of hydrogen-bond donors (Lipinski definition) is 3. The minimum Gasteiger partial charge on any atom is -0.507 e. The molecular weight excluding hydrogens is 519 g/mol. The molecule has 0 radical (unpaired) electrons. The lowest BCUT2D eigenvalue weighted by atomic mass is 9.70. The maximum atomic E-state index is 14.0. The van der Waals surface area contributed by atoms with Crippen LogP contribution in [0.3, 0.4) is 0 Å². The van der Waals surface area contributed by atoms with Crippen molar-refractivity contribution in [2.24, 2.45) is 0 Å². The number of allylic oxidation sites excluding steroid dienone is 4. The predicted octanol–water partition coefficient (Wildman–Crippen LogP) is 3.60. The van der Waals surface area contributed by atoms with Gasteiger partial charge in [0.15, 0.2) is 17.3 Å². The molecule has 1 fully saturated rings. The number of likely N-dealkylation sites (tertiary alicyclic amines) is 1. The maximum Gasteiger partial charge on any atom is 0.253 e. The number of nitrogens with one attached hydrogen (secondary N) is 1. The van der Waals surface area contributed by atoms with Crippen LogP contribution in [-0.2, 0) is 15.0 Å². The number of piperidine rings is 1. The number of Topliss-reactive ketones (excluding diaryl/α,β-unsaturated/α-hetero) is 2. The standard InChI is InChI=1S/C30H29FN2O7/c1-14-25(36)23(16(3)34)27-24(26(14)37)30(4)21(40-27)12-20(35)22(28(30)38)15(2)32-19-6-5-11-33(13-19)29(39)17-7-9-18(31)10-8-17/h7-10,12,19,32,36-37H,5-6,11,13H2,1-4H3/b22-15+/t19-,30+/m1/s1.